The highest BCUT2D eigenvalue weighted by molar-refractivity contribution is 7.13. The number of carboxylic acids is 1. The minimum Gasteiger partial charge on any atom is -0.476 e. The first-order chi connectivity index (χ1) is 6.68. The standard InChI is InChI=1S/C8H7N3O2S/c9-8-10-5(4-2-1-3-14-4)6(11-8)7(12)13/h1-3H,(H,12,13)(H3,9,10,11). The quantitative estimate of drug-likeness (QED) is 0.697. The zero-order chi connectivity index (χ0) is 10.1. The summed E-state index contributed by atoms with van der Waals surface area (Å²) in [6.45, 7) is 0. The largest absolute Gasteiger partial charge is 0.476 e. The van der Waals surface area contributed by atoms with Crippen molar-refractivity contribution < 1.29 is 9.90 Å². The summed E-state index contributed by atoms with van der Waals surface area (Å²) in [5.74, 6) is -0.966. The van der Waals surface area contributed by atoms with Gasteiger partial charge in [-0.05, 0) is 11.4 Å². The summed E-state index contributed by atoms with van der Waals surface area (Å²) in [4.78, 5) is 18.0. The molecule has 0 aliphatic rings. The first kappa shape index (κ1) is 8.76. The maximum absolute atomic E-state index is 10.8. The van der Waals surface area contributed by atoms with Crippen LogP contribution in [0.5, 0.6) is 0 Å². The van der Waals surface area contributed by atoms with E-state index in [-0.39, 0.29) is 11.6 Å². The average Bonchev–Trinajstić information content (AvgIpc) is 2.70. The van der Waals surface area contributed by atoms with Gasteiger partial charge in [0.2, 0.25) is 0 Å². The lowest BCUT2D eigenvalue weighted by Crippen LogP contribution is -1.98. The number of aromatic amines is 1. The van der Waals surface area contributed by atoms with E-state index >= 15 is 0 Å². The second-order valence-corrected chi connectivity index (χ2v) is 3.58. The molecule has 0 saturated heterocycles. The third kappa shape index (κ3) is 1.35. The van der Waals surface area contributed by atoms with Gasteiger partial charge in [0.1, 0.15) is 0 Å². The predicted octanol–water partition coefficient (Wildman–Crippen LogP) is 1.42. The third-order valence-electron chi connectivity index (χ3n) is 1.69. The zero-order valence-corrected chi connectivity index (χ0v) is 7.84. The number of nitrogens with two attached hydrogens (primary N) is 1. The Bertz CT molecular complexity index is 461. The third-order valence-corrected chi connectivity index (χ3v) is 2.58. The molecule has 0 bridgehead atoms. The second-order valence-electron chi connectivity index (χ2n) is 2.63. The first-order valence-corrected chi connectivity index (χ1v) is 4.69. The van der Waals surface area contributed by atoms with Gasteiger partial charge in [-0.3, -0.25) is 0 Å². The van der Waals surface area contributed by atoms with E-state index in [4.69, 9.17) is 10.8 Å². The molecule has 0 radical (unpaired) electrons. The lowest BCUT2D eigenvalue weighted by Gasteiger charge is -1.92. The number of aromatic nitrogens is 2. The molecule has 6 heteroatoms. The Morgan fingerprint density at radius 3 is 3.00 bits per heavy atom. The molecule has 2 aromatic heterocycles. The molecule has 0 saturated carbocycles. The number of carboxylic acid groups (broad SMARTS) is 1. The van der Waals surface area contributed by atoms with Crippen LogP contribution >= 0.6 is 11.3 Å². The molecule has 0 atom stereocenters. The number of imidazole rings is 1. The van der Waals surface area contributed by atoms with Crippen molar-refractivity contribution in [3.63, 3.8) is 0 Å². The van der Waals surface area contributed by atoms with Crippen molar-refractivity contribution in [2.45, 2.75) is 0 Å². The molecular formula is C8H7N3O2S. The van der Waals surface area contributed by atoms with E-state index in [1.807, 2.05) is 17.5 Å². The Labute approximate surface area is 83.2 Å². The van der Waals surface area contributed by atoms with Gasteiger partial charge in [-0.15, -0.1) is 11.3 Å². The lowest BCUT2D eigenvalue weighted by atomic mass is 10.3. The smallest absolute Gasteiger partial charge is 0.356 e. The van der Waals surface area contributed by atoms with Crippen LogP contribution in [0.15, 0.2) is 17.5 Å². The molecule has 0 amide bonds. The molecule has 0 aromatic carbocycles. The summed E-state index contributed by atoms with van der Waals surface area (Å²) in [5, 5.41) is 10.7. The van der Waals surface area contributed by atoms with Crippen LogP contribution in [-0.2, 0) is 0 Å². The van der Waals surface area contributed by atoms with Crippen LogP contribution in [0.4, 0.5) is 5.95 Å². The van der Waals surface area contributed by atoms with Crippen molar-refractivity contribution >= 4 is 23.3 Å². The van der Waals surface area contributed by atoms with E-state index in [0.717, 1.165) is 4.88 Å². The molecule has 2 aromatic rings. The minimum absolute atomic E-state index is 0.0371. The number of H-pyrrole nitrogens is 1. The van der Waals surface area contributed by atoms with Gasteiger partial charge in [0.25, 0.3) is 0 Å². The van der Waals surface area contributed by atoms with Gasteiger partial charge in [-0.2, -0.15) is 0 Å². The van der Waals surface area contributed by atoms with Crippen molar-refractivity contribution in [1.82, 2.24) is 9.97 Å². The summed E-state index contributed by atoms with van der Waals surface area (Å²) in [6.07, 6.45) is 0. The number of hydrogen-bond donors (Lipinski definition) is 3. The molecule has 4 N–H and O–H groups in total. The Kier molecular flexibility index (Phi) is 1.97. The van der Waals surface area contributed by atoms with Crippen LogP contribution in [0.2, 0.25) is 0 Å². The van der Waals surface area contributed by atoms with Crippen LogP contribution in [0.25, 0.3) is 10.6 Å². The number of anilines is 1. The summed E-state index contributed by atoms with van der Waals surface area (Å²) >= 11 is 1.43. The summed E-state index contributed by atoms with van der Waals surface area (Å²) in [7, 11) is 0. The van der Waals surface area contributed by atoms with E-state index in [0.29, 0.717) is 5.69 Å². The average molecular weight is 209 g/mol. The minimum atomic E-state index is -1.08. The van der Waals surface area contributed by atoms with Crippen LogP contribution in [0.1, 0.15) is 10.5 Å². The van der Waals surface area contributed by atoms with Gasteiger partial charge >= 0.3 is 5.97 Å². The van der Waals surface area contributed by atoms with E-state index in [2.05, 4.69) is 9.97 Å². The number of nitrogen functional groups attached to an aromatic ring is 1. The molecule has 72 valence electrons. The monoisotopic (exact) mass is 209 g/mol. The number of aromatic carboxylic acids is 1. The normalized spacial score (nSPS) is 10.3. The Morgan fingerprint density at radius 2 is 2.43 bits per heavy atom. The molecule has 0 aliphatic heterocycles. The second kappa shape index (κ2) is 3.15. The summed E-state index contributed by atoms with van der Waals surface area (Å²) in [5.41, 5.74) is 5.82. The van der Waals surface area contributed by atoms with Gasteiger partial charge in [0.15, 0.2) is 11.6 Å². The highest BCUT2D eigenvalue weighted by Gasteiger charge is 2.17. The molecule has 2 heterocycles. The number of hydrogen-bond acceptors (Lipinski definition) is 4. The Morgan fingerprint density at radius 1 is 1.64 bits per heavy atom. The van der Waals surface area contributed by atoms with Gasteiger partial charge in [-0.25, -0.2) is 9.78 Å². The maximum Gasteiger partial charge on any atom is 0.356 e. The lowest BCUT2D eigenvalue weighted by molar-refractivity contribution is 0.0692. The molecule has 0 unspecified atom stereocenters. The number of nitrogens with zero attached hydrogens (tertiary/aromatic N) is 1. The predicted molar refractivity (Wildman–Crippen MR) is 53.3 cm³/mol. The fourth-order valence-corrected chi connectivity index (χ4v) is 1.87. The van der Waals surface area contributed by atoms with Crippen molar-refractivity contribution in [2.24, 2.45) is 0 Å². The van der Waals surface area contributed by atoms with Crippen molar-refractivity contribution in [1.29, 1.82) is 0 Å². The summed E-state index contributed by atoms with van der Waals surface area (Å²) in [6, 6.07) is 3.65. The van der Waals surface area contributed by atoms with E-state index in [9.17, 15) is 4.79 Å². The highest BCUT2D eigenvalue weighted by Crippen LogP contribution is 2.26. The van der Waals surface area contributed by atoms with Crippen LogP contribution in [0.3, 0.4) is 0 Å². The molecule has 5 nitrogen and oxygen atoms in total. The fourth-order valence-electron chi connectivity index (χ4n) is 1.15. The van der Waals surface area contributed by atoms with Crippen LogP contribution in [-0.4, -0.2) is 21.0 Å². The molecule has 0 fully saturated rings. The molecule has 0 aliphatic carbocycles. The van der Waals surface area contributed by atoms with Crippen molar-refractivity contribution in [3.05, 3.63) is 23.2 Å². The van der Waals surface area contributed by atoms with Crippen LogP contribution < -0.4 is 5.73 Å². The van der Waals surface area contributed by atoms with Crippen molar-refractivity contribution in [3.8, 4) is 10.6 Å². The van der Waals surface area contributed by atoms with Crippen molar-refractivity contribution in [2.75, 3.05) is 5.73 Å². The highest BCUT2D eigenvalue weighted by atomic mass is 32.1. The Balaban J connectivity index is 2.58. The molecule has 14 heavy (non-hydrogen) atoms. The first-order valence-electron chi connectivity index (χ1n) is 3.81. The molecular weight excluding hydrogens is 202 g/mol. The van der Waals surface area contributed by atoms with E-state index < -0.39 is 5.97 Å². The van der Waals surface area contributed by atoms with Gasteiger partial charge in [0.05, 0.1) is 10.6 Å². The SMILES string of the molecule is Nc1nc(C(=O)O)c(-c2cccs2)[nH]1. The summed E-state index contributed by atoms with van der Waals surface area (Å²) < 4.78 is 0. The van der Waals surface area contributed by atoms with E-state index in [1.165, 1.54) is 11.3 Å². The number of thiophene rings is 1. The maximum atomic E-state index is 10.8. The van der Waals surface area contributed by atoms with Gasteiger partial charge in [0, 0.05) is 0 Å². The Hall–Kier alpha value is -1.82. The molecule has 2 rings (SSSR count). The van der Waals surface area contributed by atoms with E-state index in [1.54, 1.807) is 0 Å². The fraction of sp³-hybridized carbons (Fsp3) is 0. The van der Waals surface area contributed by atoms with Gasteiger partial charge in [-0.1, -0.05) is 6.07 Å². The zero-order valence-electron chi connectivity index (χ0n) is 7.02. The molecule has 0 spiro atoms. The number of carbonyl (C=O) groups is 1. The van der Waals surface area contributed by atoms with Crippen LogP contribution in [0, 0.1) is 0 Å². The number of nitrogens with one attached hydrogen (secondary N) is 1. The van der Waals surface area contributed by atoms with Gasteiger partial charge < -0.3 is 15.8 Å². The number of rotatable bonds is 2. The topological polar surface area (TPSA) is 92.0 Å².